The van der Waals surface area contributed by atoms with Crippen LogP contribution in [0.2, 0.25) is 0 Å². The number of ether oxygens (including phenoxy) is 1. The molecule has 6 nitrogen and oxygen atoms in total. The zero-order valence-corrected chi connectivity index (χ0v) is 10.1. The number of nitrogens with zero attached hydrogens (tertiary/aromatic N) is 2. The number of halogens is 1. The van der Waals surface area contributed by atoms with Crippen LogP contribution in [0.3, 0.4) is 0 Å². The van der Waals surface area contributed by atoms with E-state index >= 15 is 0 Å². The summed E-state index contributed by atoms with van der Waals surface area (Å²) in [7, 11) is 1.52. The third-order valence-corrected chi connectivity index (χ3v) is 2.19. The molecule has 0 N–H and O–H groups in total. The first-order valence-corrected chi connectivity index (χ1v) is 5.25. The van der Waals surface area contributed by atoms with Gasteiger partial charge in [-0.05, 0) is 13.0 Å². The van der Waals surface area contributed by atoms with Gasteiger partial charge in [0.05, 0.1) is 17.6 Å². The van der Waals surface area contributed by atoms with E-state index in [4.69, 9.17) is 4.74 Å². The molecular weight excluding hydrogens is 243 g/mol. The molecule has 0 aliphatic carbocycles. The fraction of sp³-hybridized carbons (Fsp3) is 0.364. The van der Waals surface area contributed by atoms with Crippen molar-refractivity contribution in [1.82, 2.24) is 0 Å². The summed E-state index contributed by atoms with van der Waals surface area (Å²) in [5.41, 5.74) is -0.115. The van der Waals surface area contributed by atoms with Crippen molar-refractivity contribution in [3.8, 4) is 0 Å². The molecule has 0 aliphatic heterocycles. The summed E-state index contributed by atoms with van der Waals surface area (Å²) in [6.07, 6.45) is 0. The van der Waals surface area contributed by atoms with Gasteiger partial charge in [-0.15, -0.1) is 0 Å². The summed E-state index contributed by atoms with van der Waals surface area (Å²) in [4.78, 5) is 22.5. The Labute approximate surface area is 103 Å². The third-order valence-electron chi connectivity index (χ3n) is 2.19. The molecule has 98 valence electrons. The van der Waals surface area contributed by atoms with Gasteiger partial charge in [-0.1, -0.05) is 0 Å². The van der Waals surface area contributed by atoms with E-state index in [0.717, 1.165) is 12.1 Å². The van der Waals surface area contributed by atoms with Crippen molar-refractivity contribution < 1.29 is 18.8 Å². The van der Waals surface area contributed by atoms with Gasteiger partial charge in [0, 0.05) is 18.8 Å². The topological polar surface area (TPSA) is 72.7 Å². The van der Waals surface area contributed by atoms with Gasteiger partial charge in [-0.2, -0.15) is 0 Å². The van der Waals surface area contributed by atoms with E-state index in [1.807, 2.05) is 0 Å². The first-order chi connectivity index (χ1) is 8.43. The van der Waals surface area contributed by atoms with E-state index in [2.05, 4.69) is 0 Å². The predicted molar refractivity (Wildman–Crippen MR) is 63.0 cm³/mol. The molecule has 1 aromatic carbocycles. The van der Waals surface area contributed by atoms with Crippen molar-refractivity contribution >= 4 is 17.3 Å². The van der Waals surface area contributed by atoms with Crippen molar-refractivity contribution in [2.24, 2.45) is 0 Å². The van der Waals surface area contributed by atoms with Crippen molar-refractivity contribution in [2.45, 2.75) is 6.92 Å². The third kappa shape index (κ3) is 3.69. The second kappa shape index (κ2) is 5.95. The van der Waals surface area contributed by atoms with E-state index in [-0.39, 0.29) is 24.5 Å². The fourth-order valence-electron chi connectivity index (χ4n) is 1.38. The number of esters is 1. The van der Waals surface area contributed by atoms with Crippen LogP contribution in [0, 0.1) is 15.9 Å². The lowest BCUT2D eigenvalue weighted by Crippen LogP contribution is -2.27. The van der Waals surface area contributed by atoms with Crippen LogP contribution in [0.1, 0.15) is 6.92 Å². The maximum atomic E-state index is 13.2. The van der Waals surface area contributed by atoms with Gasteiger partial charge in [0.1, 0.15) is 12.4 Å². The van der Waals surface area contributed by atoms with Gasteiger partial charge >= 0.3 is 5.97 Å². The number of nitro groups is 1. The van der Waals surface area contributed by atoms with Crippen LogP contribution in [-0.2, 0) is 9.53 Å². The Kier molecular flexibility index (Phi) is 4.59. The quantitative estimate of drug-likeness (QED) is 0.455. The Balaban J connectivity index is 2.88. The lowest BCUT2D eigenvalue weighted by molar-refractivity contribution is -0.385. The molecule has 0 aliphatic rings. The van der Waals surface area contributed by atoms with E-state index in [0.29, 0.717) is 0 Å². The molecule has 0 spiro atoms. The Morgan fingerprint density at radius 2 is 2.17 bits per heavy atom. The van der Waals surface area contributed by atoms with Gasteiger partial charge in [0.15, 0.2) is 0 Å². The molecule has 1 rings (SSSR count). The molecule has 0 radical (unpaired) electrons. The summed E-state index contributed by atoms with van der Waals surface area (Å²) < 4.78 is 17.9. The number of carbonyl (C=O) groups is 1. The Hall–Kier alpha value is -2.18. The molecule has 7 heteroatoms. The smallest absolute Gasteiger partial charge is 0.325 e. The van der Waals surface area contributed by atoms with Crippen LogP contribution < -0.4 is 4.90 Å². The van der Waals surface area contributed by atoms with E-state index in [9.17, 15) is 19.3 Å². The highest BCUT2D eigenvalue weighted by Gasteiger charge is 2.14. The van der Waals surface area contributed by atoms with E-state index in [1.54, 1.807) is 6.92 Å². The van der Waals surface area contributed by atoms with Crippen molar-refractivity contribution in [3.63, 3.8) is 0 Å². The highest BCUT2D eigenvalue weighted by Crippen LogP contribution is 2.22. The first kappa shape index (κ1) is 13.9. The number of nitro benzene ring substituents is 1. The standard InChI is InChI=1S/C11H13FN2O4/c1-3-18-11(15)7-13(2)9-4-8(12)5-10(6-9)14(16)17/h4-6H,3,7H2,1-2H3. The molecule has 0 atom stereocenters. The maximum Gasteiger partial charge on any atom is 0.325 e. The normalized spacial score (nSPS) is 9.94. The largest absolute Gasteiger partial charge is 0.465 e. The van der Waals surface area contributed by atoms with Crippen molar-refractivity contribution in [1.29, 1.82) is 0 Å². The Morgan fingerprint density at radius 1 is 1.50 bits per heavy atom. The molecule has 0 saturated carbocycles. The second-order valence-corrected chi connectivity index (χ2v) is 3.59. The Bertz CT molecular complexity index is 464. The maximum absolute atomic E-state index is 13.2. The van der Waals surface area contributed by atoms with Gasteiger partial charge in [-0.25, -0.2) is 4.39 Å². The minimum absolute atomic E-state index is 0.103. The molecule has 0 aromatic heterocycles. The fourth-order valence-corrected chi connectivity index (χ4v) is 1.38. The summed E-state index contributed by atoms with van der Waals surface area (Å²) in [6, 6.07) is 3.14. The summed E-state index contributed by atoms with van der Waals surface area (Å²) >= 11 is 0. The van der Waals surface area contributed by atoms with Crippen LogP contribution >= 0.6 is 0 Å². The van der Waals surface area contributed by atoms with Gasteiger partial charge in [-0.3, -0.25) is 14.9 Å². The van der Waals surface area contributed by atoms with Gasteiger partial charge < -0.3 is 9.64 Å². The van der Waals surface area contributed by atoms with Gasteiger partial charge in [0.25, 0.3) is 5.69 Å². The Morgan fingerprint density at radius 3 is 2.72 bits per heavy atom. The second-order valence-electron chi connectivity index (χ2n) is 3.59. The van der Waals surface area contributed by atoms with E-state index in [1.165, 1.54) is 18.0 Å². The molecule has 0 unspecified atom stereocenters. The van der Waals surface area contributed by atoms with Crippen molar-refractivity contribution in [3.05, 3.63) is 34.1 Å². The number of likely N-dealkylation sites (N-methyl/N-ethyl adjacent to an activating group) is 1. The highest BCUT2D eigenvalue weighted by atomic mass is 19.1. The number of hydrogen-bond acceptors (Lipinski definition) is 5. The summed E-state index contributed by atoms with van der Waals surface area (Å²) in [5.74, 6) is -1.21. The average molecular weight is 256 g/mol. The van der Waals surface area contributed by atoms with Crippen LogP contribution in [-0.4, -0.2) is 31.1 Å². The van der Waals surface area contributed by atoms with Crippen LogP contribution in [0.4, 0.5) is 15.8 Å². The minimum atomic E-state index is -0.727. The van der Waals surface area contributed by atoms with Crippen LogP contribution in [0.25, 0.3) is 0 Å². The van der Waals surface area contributed by atoms with Crippen molar-refractivity contribution in [2.75, 3.05) is 25.1 Å². The first-order valence-electron chi connectivity index (χ1n) is 5.25. The number of carbonyl (C=O) groups excluding carboxylic acids is 1. The SMILES string of the molecule is CCOC(=O)CN(C)c1cc(F)cc([N+](=O)[O-])c1. The molecular formula is C11H13FN2O4. The molecule has 0 saturated heterocycles. The lowest BCUT2D eigenvalue weighted by atomic mass is 10.2. The van der Waals surface area contributed by atoms with Crippen LogP contribution in [0.15, 0.2) is 18.2 Å². The average Bonchev–Trinajstić information content (AvgIpc) is 2.28. The predicted octanol–water partition coefficient (Wildman–Crippen LogP) is 1.73. The molecule has 0 fully saturated rings. The summed E-state index contributed by atoms with van der Waals surface area (Å²) in [6.45, 7) is 1.81. The lowest BCUT2D eigenvalue weighted by Gasteiger charge is -2.17. The molecule has 0 amide bonds. The van der Waals surface area contributed by atoms with Gasteiger partial charge in [0.2, 0.25) is 0 Å². The zero-order valence-electron chi connectivity index (χ0n) is 10.1. The monoisotopic (exact) mass is 256 g/mol. The minimum Gasteiger partial charge on any atom is -0.465 e. The number of non-ortho nitro benzene ring substituents is 1. The van der Waals surface area contributed by atoms with E-state index < -0.39 is 16.7 Å². The highest BCUT2D eigenvalue weighted by molar-refractivity contribution is 5.75. The molecule has 1 aromatic rings. The molecule has 0 heterocycles. The molecule has 0 bridgehead atoms. The zero-order chi connectivity index (χ0) is 13.7. The number of hydrogen-bond donors (Lipinski definition) is 0. The number of anilines is 1. The molecule has 18 heavy (non-hydrogen) atoms. The number of benzene rings is 1. The number of rotatable bonds is 5. The van der Waals surface area contributed by atoms with Crippen LogP contribution in [0.5, 0.6) is 0 Å². The summed E-state index contributed by atoms with van der Waals surface area (Å²) in [5, 5.41) is 10.6.